The Labute approximate surface area is 98.9 Å². The Bertz CT molecular complexity index is 520. The van der Waals surface area contributed by atoms with Crippen LogP contribution in [0.15, 0.2) is 35.7 Å². The minimum atomic E-state index is -4.90. The zero-order chi connectivity index (χ0) is 12.9. The van der Waals surface area contributed by atoms with Crippen LogP contribution in [-0.2, 0) is 19.8 Å². The van der Waals surface area contributed by atoms with Crippen LogP contribution in [0.5, 0.6) is 0 Å². The molecule has 0 unspecified atom stereocenters. The van der Waals surface area contributed by atoms with Crippen molar-refractivity contribution in [1.82, 2.24) is 0 Å². The summed E-state index contributed by atoms with van der Waals surface area (Å²) in [7, 11) is -4.90. The fourth-order valence-corrected chi connectivity index (χ4v) is 1.72. The maximum absolute atomic E-state index is 12.6. The van der Waals surface area contributed by atoms with Gasteiger partial charge in [0.05, 0.1) is 17.6 Å². The topological polar surface area (TPSA) is 60.4 Å². The van der Waals surface area contributed by atoms with Crippen molar-refractivity contribution in [2.75, 3.05) is 6.61 Å². The van der Waals surface area contributed by atoms with Crippen molar-refractivity contribution in [3.8, 4) is 0 Å². The molecule has 0 aliphatic carbocycles. The third-order valence-corrected chi connectivity index (χ3v) is 2.36. The Balaban J connectivity index is 3.22. The average molecular weight is 258 g/mol. The van der Waals surface area contributed by atoms with Crippen molar-refractivity contribution in [1.29, 1.82) is 0 Å². The molecule has 1 aromatic rings. The second-order valence-electron chi connectivity index (χ2n) is 3.09. The van der Waals surface area contributed by atoms with Crippen LogP contribution in [-0.4, -0.2) is 21.0 Å². The molecule has 0 atom stereocenters. The summed E-state index contributed by atoms with van der Waals surface area (Å²) in [6, 6.07) is 7.89. The van der Waals surface area contributed by atoms with Gasteiger partial charge in [-0.2, -0.15) is 8.42 Å². The van der Waals surface area contributed by atoms with Gasteiger partial charge in [-0.3, -0.25) is 0 Å². The fourth-order valence-electron chi connectivity index (χ4n) is 1.20. The van der Waals surface area contributed by atoms with E-state index in [2.05, 4.69) is 4.74 Å². The number of halogens is 1. The minimum Gasteiger partial charge on any atom is -0.462 e. The smallest absolute Gasteiger partial charge is 0.339 e. The van der Waals surface area contributed by atoms with Crippen molar-refractivity contribution in [2.24, 2.45) is 0 Å². The van der Waals surface area contributed by atoms with Crippen LogP contribution in [0.3, 0.4) is 0 Å². The predicted octanol–water partition coefficient (Wildman–Crippen LogP) is 1.89. The van der Waals surface area contributed by atoms with Crippen LogP contribution in [0.25, 0.3) is 5.57 Å². The zero-order valence-electron chi connectivity index (χ0n) is 9.09. The highest BCUT2D eigenvalue weighted by Gasteiger charge is 2.17. The molecule has 0 radical (unpaired) electrons. The lowest BCUT2D eigenvalue weighted by Crippen LogP contribution is -2.08. The zero-order valence-corrected chi connectivity index (χ0v) is 9.91. The molecule has 4 nitrogen and oxygen atoms in total. The molecule has 0 amide bonds. The lowest BCUT2D eigenvalue weighted by molar-refractivity contribution is -0.136. The molecule has 0 saturated heterocycles. The van der Waals surface area contributed by atoms with Crippen molar-refractivity contribution < 1.29 is 21.8 Å². The standard InChI is InChI=1S/C11H11FO4S/c1-2-16-11(13)10(8-17(12,14)15)9-6-4-3-5-7-9/h3-8H,2H2,1H3. The molecule has 17 heavy (non-hydrogen) atoms. The van der Waals surface area contributed by atoms with Gasteiger partial charge < -0.3 is 4.74 Å². The van der Waals surface area contributed by atoms with Crippen LogP contribution >= 0.6 is 0 Å². The highest BCUT2D eigenvalue weighted by Crippen LogP contribution is 2.18. The van der Waals surface area contributed by atoms with Crippen LogP contribution in [0.2, 0.25) is 0 Å². The number of ether oxygens (including phenoxy) is 1. The number of carbonyl (C=O) groups is 1. The first-order chi connectivity index (χ1) is 7.94. The van der Waals surface area contributed by atoms with Crippen molar-refractivity contribution >= 4 is 21.8 Å². The lowest BCUT2D eigenvalue weighted by atomic mass is 10.1. The number of carbonyl (C=O) groups excluding carboxylic acids is 1. The molecule has 0 fully saturated rings. The minimum absolute atomic E-state index is 0.0787. The number of rotatable bonds is 4. The molecule has 0 aliphatic heterocycles. The molecule has 0 spiro atoms. The van der Waals surface area contributed by atoms with E-state index in [4.69, 9.17) is 0 Å². The normalized spacial score (nSPS) is 12.2. The predicted molar refractivity (Wildman–Crippen MR) is 61.1 cm³/mol. The van der Waals surface area contributed by atoms with E-state index in [1.165, 1.54) is 12.1 Å². The summed E-state index contributed by atoms with van der Waals surface area (Å²) in [4.78, 5) is 11.5. The molecule has 0 heterocycles. The SMILES string of the molecule is CCOC(=O)C(=CS(=O)(=O)F)c1ccccc1. The van der Waals surface area contributed by atoms with Crippen LogP contribution in [0.4, 0.5) is 3.89 Å². The first-order valence-corrected chi connectivity index (χ1v) is 6.27. The number of hydrogen-bond donors (Lipinski definition) is 0. The van der Waals surface area contributed by atoms with Crippen molar-refractivity contribution in [2.45, 2.75) is 6.92 Å². The van der Waals surface area contributed by atoms with E-state index in [1.54, 1.807) is 25.1 Å². The van der Waals surface area contributed by atoms with E-state index in [0.29, 0.717) is 0 Å². The molecule has 92 valence electrons. The highest BCUT2D eigenvalue weighted by molar-refractivity contribution is 7.89. The first-order valence-electron chi connectivity index (χ1n) is 4.83. The number of esters is 1. The molecule has 6 heteroatoms. The summed E-state index contributed by atoms with van der Waals surface area (Å²) in [5, 5.41) is 0.264. The van der Waals surface area contributed by atoms with E-state index in [0.717, 1.165) is 0 Å². The van der Waals surface area contributed by atoms with Crippen LogP contribution in [0, 0.1) is 0 Å². The summed E-state index contributed by atoms with van der Waals surface area (Å²) >= 11 is 0. The van der Waals surface area contributed by atoms with Gasteiger partial charge in [-0.1, -0.05) is 30.3 Å². The van der Waals surface area contributed by atoms with E-state index in [-0.39, 0.29) is 23.2 Å². The van der Waals surface area contributed by atoms with Gasteiger partial charge in [0.2, 0.25) is 0 Å². The van der Waals surface area contributed by atoms with Crippen LogP contribution in [0.1, 0.15) is 12.5 Å². The molecule has 0 aromatic heterocycles. The molecular weight excluding hydrogens is 247 g/mol. The maximum Gasteiger partial charge on any atom is 0.339 e. The van der Waals surface area contributed by atoms with Crippen molar-refractivity contribution in [3.63, 3.8) is 0 Å². The maximum atomic E-state index is 12.6. The highest BCUT2D eigenvalue weighted by atomic mass is 32.3. The Morgan fingerprint density at radius 2 is 1.94 bits per heavy atom. The number of hydrogen-bond acceptors (Lipinski definition) is 4. The Kier molecular flexibility index (Phi) is 4.39. The Hall–Kier alpha value is -1.69. The van der Waals surface area contributed by atoms with Crippen LogP contribution < -0.4 is 0 Å². The molecule has 1 rings (SSSR count). The van der Waals surface area contributed by atoms with Gasteiger partial charge in [-0.15, -0.1) is 3.89 Å². The van der Waals surface area contributed by atoms with E-state index in [1.807, 2.05) is 0 Å². The summed E-state index contributed by atoms with van der Waals surface area (Å²) < 4.78 is 38.4. The summed E-state index contributed by atoms with van der Waals surface area (Å²) in [6.07, 6.45) is 0. The quantitative estimate of drug-likeness (QED) is 0.470. The van der Waals surface area contributed by atoms with Gasteiger partial charge in [0.25, 0.3) is 0 Å². The Morgan fingerprint density at radius 3 is 2.41 bits per heavy atom. The van der Waals surface area contributed by atoms with Crippen molar-refractivity contribution in [3.05, 3.63) is 41.3 Å². The average Bonchev–Trinajstić information content (AvgIpc) is 2.26. The second kappa shape index (κ2) is 5.58. The third kappa shape index (κ3) is 4.36. The summed E-state index contributed by atoms with van der Waals surface area (Å²) in [5.41, 5.74) is -0.0397. The molecule has 0 saturated carbocycles. The Morgan fingerprint density at radius 1 is 1.35 bits per heavy atom. The van der Waals surface area contributed by atoms with Gasteiger partial charge in [-0.25, -0.2) is 4.79 Å². The molecule has 0 bridgehead atoms. The van der Waals surface area contributed by atoms with E-state index < -0.39 is 16.2 Å². The first kappa shape index (κ1) is 13.4. The van der Waals surface area contributed by atoms with Gasteiger partial charge in [0.1, 0.15) is 0 Å². The monoisotopic (exact) mass is 258 g/mol. The van der Waals surface area contributed by atoms with E-state index in [9.17, 15) is 17.1 Å². The van der Waals surface area contributed by atoms with Gasteiger partial charge in [-0.05, 0) is 12.5 Å². The second-order valence-corrected chi connectivity index (χ2v) is 4.28. The fraction of sp³-hybridized carbons (Fsp3) is 0.182. The molecule has 1 aromatic carbocycles. The third-order valence-electron chi connectivity index (χ3n) is 1.84. The lowest BCUT2D eigenvalue weighted by Gasteiger charge is -2.05. The van der Waals surface area contributed by atoms with Gasteiger partial charge in [0, 0.05) is 0 Å². The summed E-state index contributed by atoms with van der Waals surface area (Å²) in [5.74, 6) is -0.875. The number of benzene rings is 1. The van der Waals surface area contributed by atoms with Gasteiger partial charge >= 0.3 is 16.2 Å². The molecule has 0 N–H and O–H groups in total. The largest absolute Gasteiger partial charge is 0.462 e. The summed E-state index contributed by atoms with van der Waals surface area (Å²) in [6.45, 7) is 1.65. The van der Waals surface area contributed by atoms with E-state index >= 15 is 0 Å². The molecular formula is C11H11FO4S. The van der Waals surface area contributed by atoms with Gasteiger partial charge in [0.15, 0.2) is 0 Å². The molecule has 0 aliphatic rings.